The average Bonchev–Trinajstić information content (AvgIpc) is 3.32. The van der Waals surface area contributed by atoms with Crippen molar-refractivity contribution in [3.05, 3.63) is 48.3 Å². The van der Waals surface area contributed by atoms with Gasteiger partial charge in [0.2, 0.25) is 0 Å². The van der Waals surface area contributed by atoms with E-state index in [2.05, 4.69) is 15.0 Å². The van der Waals surface area contributed by atoms with Crippen LogP contribution in [-0.4, -0.2) is 57.7 Å². The Kier molecular flexibility index (Phi) is 4.76. The van der Waals surface area contributed by atoms with E-state index in [0.29, 0.717) is 38.0 Å². The molecule has 2 fully saturated rings. The maximum atomic E-state index is 12.7. The highest BCUT2D eigenvalue weighted by molar-refractivity contribution is 5.92. The van der Waals surface area contributed by atoms with E-state index in [9.17, 15) is 4.79 Å². The number of rotatable bonds is 5. The number of hydrogen-bond donors (Lipinski definition) is 1. The Morgan fingerprint density at radius 2 is 2.32 bits per heavy atom. The van der Waals surface area contributed by atoms with Crippen molar-refractivity contribution in [2.75, 3.05) is 19.8 Å². The Balaban J connectivity index is 1.35. The number of hydrogen-bond acceptors (Lipinski definition) is 5. The Labute approximate surface area is 146 Å². The van der Waals surface area contributed by atoms with Gasteiger partial charge in [0.05, 0.1) is 44.5 Å². The number of nitrogens with zero attached hydrogens (tertiary/aromatic N) is 3. The number of aromatic nitrogens is 3. The van der Waals surface area contributed by atoms with Gasteiger partial charge in [-0.05, 0) is 24.5 Å². The number of fused-ring (bicyclic) bond motifs is 1. The molecule has 4 rings (SSSR count). The highest BCUT2D eigenvalue weighted by atomic mass is 16.5. The van der Waals surface area contributed by atoms with Crippen LogP contribution in [0.15, 0.2) is 37.1 Å². The molecule has 0 spiro atoms. The minimum atomic E-state index is 0.00716. The number of nitrogens with one attached hydrogen (secondary N) is 1. The van der Waals surface area contributed by atoms with Crippen molar-refractivity contribution in [1.29, 1.82) is 0 Å². The van der Waals surface area contributed by atoms with Crippen molar-refractivity contribution < 1.29 is 14.3 Å². The summed E-state index contributed by atoms with van der Waals surface area (Å²) in [4.78, 5) is 25.6. The van der Waals surface area contributed by atoms with Crippen LogP contribution in [0, 0.1) is 5.92 Å². The van der Waals surface area contributed by atoms with E-state index in [4.69, 9.17) is 9.47 Å². The van der Waals surface area contributed by atoms with Crippen LogP contribution in [-0.2, 0) is 16.1 Å². The number of H-pyrrole nitrogens is 1. The fourth-order valence-electron chi connectivity index (χ4n) is 3.83. The molecule has 2 aliphatic rings. The summed E-state index contributed by atoms with van der Waals surface area (Å²) in [6.07, 6.45) is 8.70. The van der Waals surface area contributed by atoms with Crippen molar-refractivity contribution in [3.8, 4) is 0 Å². The van der Waals surface area contributed by atoms with Gasteiger partial charge in [0, 0.05) is 24.9 Å². The van der Waals surface area contributed by atoms with Crippen LogP contribution in [0.2, 0.25) is 0 Å². The maximum Gasteiger partial charge on any atom is 0.272 e. The van der Waals surface area contributed by atoms with Crippen LogP contribution >= 0.6 is 0 Å². The Morgan fingerprint density at radius 3 is 3.12 bits per heavy atom. The summed E-state index contributed by atoms with van der Waals surface area (Å²) in [7, 11) is 0. The molecule has 3 atom stereocenters. The lowest BCUT2D eigenvalue weighted by atomic mass is 10.0. The number of imidazole rings is 1. The first kappa shape index (κ1) is 16.2. The minimum Gasteiger partial charge on any atom is -0.376 e. The third kappa shape index (κ3) is 3.43. The lowest BCUT2D eigenvalue weighted by molar-refractivity contribution is -0.0766. The molecule has 1 amide bonds. The largest absolute Gasteiger partial charge is 0.376 e. The Hall–Kier alpha value is -2.25. The number of carbonyl (C=O) groups is 1. The smallest absolute Gasteiger partial charge is 0.272 e. The van der Waals surface area contributed by atoms with Gasteiger partial charge >= 0.3 is 0 Å². The van der Waals surface area contributed by atoms with Crippen LogP contribution < -0.4 is 0 Å². The predicted octanol–water partition coefficient (Wildman–Crippen LogP) is 1.64. The molecule has 0 bridgehead atoms. The van der Waals surface area contributed by atoms with Crippen LogP contribution in [0.25, 0.3) is 0 Å². The predicted molar refractivity (Wildman–Crippen MR) is 89.8 cm³/mol. The lowest BCUT2D eigenvalue weighted by Gasteiger charge is -2.39. The van der Waals surface area contributed by atoms with Crippen molar-refractivity contribution in [3.63, 3.8) is 0 Å². The van der Waals surface area contributed by atoms with E-state index in [1.54, 1.807) is 12.4 Å². The molecule has 0 radical (unpaired) electrons. The van der Waals surface area contributed by atoms with Crippen LogP contribution in [0.3, 0.4) is 0 Å². The summed E-state index contributed by atoms with van der Waals surface area (Å²) >= 11 is 0. The van der Waals surface area contributed by atoms with Crippen molar-refractivity contribution in [2.24, 2.45) is 5.92 Å². The van der Waals surface area contributed by atoms with Gasteiger partial charge in [0.25, 0.3) is 5.91 Å². The Bertz CT molecular complexity index is 692. The second kappa shape index (κ2) is 7.33. The molecule has 2 aromatic rings. The topological polar surface area (TPSA) is 80.3 Å². The number of amides is 1. The number of carbonyl (C=O) groups excluding carboxylic acids is 1. The summed E-state index contributed by atoms with van der Waals surface area (Å²) in [5, 5.41) is 0. The summed E-state index contributed by atoms with van der Waals surface area (Å²) in [6, 6.07) is 4.04. The highest BCUT2D eigenvalue weighted by Gasteiger charge is 2.44. The number of morpholine rings is 1. The molecule has 1 aliphatic heterocycles. The summed E-state index contributed by atoms with van der Waals surface area (Å²) in [5.41, 5.74) is 1.61. The van der Waals surface area contributed by atoms with Crippen molar-refractivity contribution in [2.45, 2.75) is 31.6 Å². The summed E-state index contributed by atoms with van der Waals surface area (Å²) in [6.45, 7) is 2.39. The quantitative estimate of drug-likeness (QED) is 0.893. The first-order valence-corrected chi connectivity index (χ1v) is 8.70. The highest BCUT2D eigenvalue weighted by Crippen LogP contribution is 2.35. The van der Waals surface area contributed by atoms with E-state index in [0.717, 1.165) is 18.4 Å². The van der Waals surface area contributed by atoms with Gasteiger partial charge in [0.15, 0.2) is 0 Å². The fourth-order valence-corrected chi connectivity index (χ4v) is 3.83. The average molecular weight is 342 g/mol. The van der Waals surface area contributed by atoms with Crippen LogP contribution in [0.4, 0.5) is 0 Å². The molecule has 2 aromatic heterocycles. The molecule has 0 aromatic carbocycles. The molecule has 7 heteroatoms. The molecular weight excluding hydrogens is 320 g/mol. The number of aromatic amines is 1. The van der Waals surface area contributed by atoms with E-state index >= 15 is 0 Å². The van der Waals surface area contributed by atoms with Gasteiger partial charge in [-0.15, -0.1) is 0 Å². The van der Waals surface area contributed by atoms with Gasteiger partial charge in [-0.3, -0.25) is 9.78 Å². The molecule has 1 N–H and O–H groups in total. The monoisotopic (exact) mass is 342 g/mol. The van der Waals surface area contributed by atoms with Gasteiger partial charge < -0.3 is 19.4 Å². The molecule has 3 heterocycles. The zero-order valence-corrected chi connectivity index (χ0v) is 14.0. The third-order valence-corrected chi connectivity index (χ3v) is 5.03. The van der Waals surface area contributed by atoms with Gasteiger partial charge in [-0.2, -0.15) is 0 Å². The lowest BCUT2D eigenvalue weighted by Crippen LogP contribution is -2.53. The standard InChI is InChI=1S/C18H22N4O3/c23-18(15-9-20-12-21-15)22-6-7-25-17-14(3-4-16(17)22)11-24-10-13-2-1-5-19-8-13/h1-2,5,8-9,12,14,16-17H,3-4,6-7,10-11H2,(H,20,21)/t14-,16+,17+/m0/s1. The molecule has 25 heavy (non-hydrogen) atoms. The van der Waals surface area contributed by atoms with E-state index in [-0.39, 0.29) is 18.1 Å². The fraction of sp³-hybridized carbons (Fsp3) is 0.500. The number of ether oxygens (including phenoxy) is 2. The molecule has 0 unspecified atom stereocenters. The van der Waals surface area contributed by atoms with Crippen LogP contribution in [0.1, 0.15) is 28.9 Å². The SMILES string of the molecule is O=C(c1cnc[nH]1)N1CCO[C@@H]2[C@H](COCc3cccnc3)CC[C@H]21. The van der Waals surface area contributed by atoms with Crippen LogP contribution in [0.5, 0.6) is 0 Å². The molecule has 7 nitrogen and oxygen atoms in total. The van der Waals surface area contributed by atoms with Gasteiger partial charge in [0.1, 0.15) is 5.69 Å². The van der Waals surface area contributed by atoms with E-state index in [1.165, 1.54) is 6.33 Å². The van der Waals surface area contributed by atoms with E-state index in [1.807, 2.05) is 23.2 Å². The second-order valence-electron chi connectivity index (χ2n) is 6.58. The van der Waals surface area contributed by atoms with Gasteiger partial charge in [-0.25, -0.2) is 4.98 Å². The summed E-state index contributed by atoms with van der Waals surface area (Å²) < 4.78 is 11.9. The summed E-state index contributed by atoms with van der Waals surface area (Å²) in [5.74, 6) is 0.326. The van der Waals surface area contributed by atoms with E-state index < -0.39 is 0 Å². The third-order valence-electron chi connectivity index (χ3n) is 5.03. The molecular formula is C18H22N4O3. The normalized spacial score (nSPS) is 25.8. The van der Waals surface area contributed by atoms with Crippen molar-refractivity contribution in [1.82, 2.24) is 19.9 Å². The zero-order chi connectivity index (χ0) is 17.1. The first-order valence-electron chi connectivity index (χ1n) is 8.70. The Morgan fingerprint density at radius 1 is 1.36 bits per heavy atom. The first-order chi connectivity index (χ1) is 12.3. The molecule has 1 saturated carbocycles. The zero-order valence-electron chi connectivity index (χ0n) is 14.0. The number of pyridine rings is 1. The second-order valence-corrected chi connectivity index (χ2v) is 6.58. The molecule has 132 valence electrons. The maximum absolute atomic E-state index is 12.7. The van der Waals surface area contributed by atoms with Gasteiger partial charge in [-0.1, -0.05) is 6.07 Å². The van der Waals surface area contributed by atoms with Crippen molar-refractivity contribution >= 4 is 5.91 Å². The molecule has 1 saturated heterocycles. The minimum absolute atomic E-state index is 0.00716. The molecule has 1 aliphatic carbocycles.